The number of carbonyl (C=O) groups excluding carboxylic acids is 2. The number of anilines is 1. The van der Waals surface area contributed by atoms with Gasteiger partial charge in [-0.15, -0.1) is 16.4 Å². The van der Waals surface area contributed by atoms with Crippen molar-refractivity contribution in [2.75, 3.05) is 5.32 Å². The van der Waals surface area contributed by atoms with E-state index in [4.69, 9.17) is 0 Å². The van der Waals surface area contributed by atoms with Gasteiger partial charge in [0, 0.05) is 16.1 Å². The first-order valence-corrected chi connectivity index (χ1v) is 11.6. The van der Waals surface area contributed by atoms with Gasteiger partial charge in [0.1, 0.15) is 11.1 Å². The lowest BCUT2D eigenvalue weighted by Crippen LogP contribution is -2.19. The van der Waals surface area contributed by atoms with Crippen molar-refractivity contribution < 1.29 is 9.59 Å². The minimum absolute atomic E-state index is 0.0565. The van der Waals surface area contributed by atoms with Crippen LogP contribution in [0.15, 0.2) is 77.3 Å². The third-order valence-electron chi connectivity index (χ3n) is 4.53. The largest absolute Gasteiger partial charge is 0.325 e. The fraction of sp³-hybridized carbons (Fsp3) is 0.0833. The van der Waals surface area contributed by atoms with Crippen LogP contribution in [0.3, 0.4) is 0 Å². The third kappa shape index (κ3) is 5.60. The third-order valence-corrected chi connectivity index (χ3v) is 6.48. The number of hydrogen-bond acceptors (Lipinski definition) is 6. The van der Waals surface area contributed by atoms with Crippen LogP contribution in [0, 0.1) is 0 Å². The molecule has 2 N–H and O–H groups in total. The number of aromatic nitrogens is 3. The number of H-pyrrole nitrogens is 1. The Bertz CT molecular complexity index is 1230. The highest BCUT2D eigenvalue weighted by Crippen LogP contribution is 2.34. The predicted molar refractivity (Wildman–Crippen MR) is 130 cm³/mol. The molecular formula is C24H20N4O2S2. The standard InChI is InChI=1S/C24H20N4O2S2/c1-16(29)18-9-5-10-19(15-18)25-23(30)22(17-7-3-2-4-8-17)32-24-26-21(27-28-24)13-12-20-11-6-14-31-20/h2-15,22H,1H3,(H,25,30)(H,26,27,28)/b13-12+. The average Bonchev–Trinajstić information content (AvgIpc) is 3.49. The first kappa shape index (κ1) is 21.7. The van der Waals surface area contributed by atoms with Gasteiger partial charge in [-0.05, 0) is 48.2 Å². The van der Waals surface area contributed by atoms with E-state index in [2.05, 4.69) is 20.5 Å². The van der Waals surface area contributed by atoms with Crippen LogP contribution in [0.2, 0.25) is 0 Å². The minimum Gasteiger partial charge on any atom is -0.325 e. The summed E-state index contributed by atoms with van der Waals surface area (Å²) in [5, 5.41) is 12.0. The normalized spacial score (nSPS) is 12.0. The van der Waals surface area contributed by atoms with Gasteiger partial charge in [-0.3, -0.25) is 14.7 Å². The lowest BCUT2D eigenvalue weighted by atomic mass is 10.1. The Labute approximate surface area is 193 Å². The van der Waals surface area contributed by atoms with Crippen LogP contribution in [0.5, 0.6) is 0 Å². The van der Waals surface area contributed by atoms with Crippen LogP contribution in [-0.2, 0) is 4.79 Å². The van der Waals surface area contributed by atoms with Gasteiger partial charge in [0.25, 0.3) is 0 Å². The summed E-state index contributed by atoms with van der Waals surface area (Å²) in [7, 11) is 0. The Morgan fingerprint density at radius 2 is 1.91 bits per heavy atom. The van der Waals surface area contributed by atoms with E-state index >= 15 is 0 Å². The van der Waals surface area contributed by atoms with Crippen molar-refractivity contribution in [2.45, 2.75) is 17.3 Å². The van der Waals surface area contributed by atoms with Gasteiger partial charge < -0.3 is 5.32 Å². The zero-order chi connectivity index (χ0) is 22.3. The van der Waals surface area contributed by atoms with Crippen LogP contribution in [-0.4, -0.2) is 26.9 Å². The highest BCUT2D eigenvalue weighted by atomic mass is 32.2. The first-order valence-electron chi connectivity index (χ1n) is 9.86. The van der Waals surface area contributed by atoms with Crippen molar-refractivity contribution in [1.29, 1.82) is 0 Å². The molecule has 160 valence electrons. The number of thiophene rings is 1. The monoisotopic (exact) mass is 460 g/mol. The molecule has 4 rings (SSSR count). The maximum absolute atomic E-state index is 13.2. The molecule has 0 fully saturated rings. The summed E-state index contributed by atoms with van der Waals surface area (Å²) in [6, 6.07) is 20.4. The molecule has 0 aliphatic heterocycles. The maximum atomic E-state index is 13.2. The average molecular weight is 461 g/mol. The Morgan fingerprint density at radius 3 is 2.66 bits per heavy atom. The lowest BCUT2D eigenvalue weighted by molar-refractivity contribution is -0.115. The molecule has 32 heavy (non-hydrogen) atoms. The molecule has 0 spiro atoms. The van der Waals surface area contributed by atoms with Crippen molar-refractivity contribution in [3.63, 3.8) is 0 Å². The topological polar surface area (TPSA) is 87.7 Å². The van der Waals surface area contributed by atoms with Gasteiger partial charge in [0.05, 0.1) is 0 Å². The summed E-state index contributed by atoms with van der Waals surface area (Å²) >= 11 is 2.90. The number of carbonyl (C=O) groups is 2. The molecule has 0 saturated carbocycles. The number of thioether (sulfide) groups is 1. The van der Waals surface area contributed by atoms with Crippen molar-refractivity contribution in [2.24, 2.45) is 0 Å². The van der Waals surface area contributed by atoms with E-state index in [0.29, 0.717) is 22.2 Å². The number of benzene rings is 2. The molecule has 2 aromatic carbocycles. The molecule has 6 nitrogen and oxygen atoms in total. The smallest absolute Gasteiger partial charge is 0.242 e. The second kappa shape index (κ2) is 10.2. The van der Waals surface area contributed by atoms with E-state index < -0.39 is 5.25 Å². The number of Topliss-reactive ketones (excluding diaryl/α,β-unsaturated/α-hetero) is 1. The lowest BCUT2D eigenvalue weighted by Gasteiger charge is -2.15. The molecule has 1 unspecified atom stereocenters. The molecule has 0 aliphatic carbocycles. The fourth-order valence-electron chi connectivity index (χ4n) is 2.96. The summed E-state index contributed by atoms with van der Waals surface area (Å²) < 4.78 is 0. The number of ketones is 1. The number of amides is 1. The number of hydrogen-bond donors (Lipinski definition) is 2. The van der Waals surface area contributed by atoms with Crippen molar-refractivity contribution >= 4 is 52.6 Å². The molecule has 2 heterocycles. The summed E-state index contributed by atoms with van der Waals surface area (Å²) in [6.07, 6.45) is 3.82. The number of aromatic amines is 1. The Kier molecular flexibility index (Phi) is 6.94. The van der Waals surface area contributed by atoms with E-state index in [1.54, 1.807) is 35.6 Å². The fourth-order valence-corrected chi connectivity index (χ4v) is 4.50. The Hall–Kier alpha value is -3.49. The van der Waals surface area contributed by atoms with E-state index in [1.165, 1.54) is 18.7 Å². The molecule has 0 aliphatic rings. The summed E-state index contributed by atoms with van der Waals surface area (Å²) in [6.45, 7) is 1.50. The Morgan fingerprint density at radius 1 is 1.06 bits per heavy atom. The second-order valence-corrected chi connectivity index (χ2v) is 8.94. The molecule has 0 bridgehead atoms. The maximum Gasteiger partial charge on any atom is 0.242 e. The molecule has 0 radical (unpaired) electrons. The van der Waals surface area contributed by atoms with Crippen LogP contribution < -0.4 is 5.32 Å². The van der Waals surface area contributed by atoms with Gasteiger partial charge in [0.15, 0.2) is 5.78 Å². The number of rotatable bonds is 8. The van der Waals surface area contributed by atoms with Crippen LogP contribution in [0.25, 0.3) is 12.2 Å². The summed E-state index contributed by atoms with van der Waals surface area (Å²) in [4.78, 5) is 30.5. The van der Waals surface area contributed by atoms with Crippen LogP contribution >= 0.6 is 23.1 Å². The molecule has 0 saturated heterocycles. The quantitative estimate of drug-likeness (QED) is 0.260. The predicted octanol–water partition coefficient (Wildman–Crippen LogP) is 5.71. The minimum atomic E-state index is -0.567. The molecule has 4 aromatic rings. The van der Waals surface area contributed by atoms with Gasteiger partial charge >= 0.3 is 0 Å². The zero-order valence-corrected chi connectivity index (χ0v) is 18.8. The van der Waals surface area contributed by atoms with Crippen LogP contribution in [0.4, 0.5) is 5.69 Å². The van der Waals surface area contributed by atoms with Crippen molar-refractivity contribution in [1.82, 2.24) is 15.2 Å². The first-order chi connectivity index (χ1) is 15.6. The van der Waals surface area contributed by atoms with Gasteiger partial charge in [0.2, 0.25) is 11.1 Å². The molecule has 1 atom stereocenters. The van der Waals surface area contributed by atoms with Gasteiger partial charge in [-0.2, -0.15) is 0 Å². The van der Waals surface area contributed by atoms with E-state index in [1.807, 2.05) is 60.0 Å². The summed E-state index contributed by atoms with van der Waals surface area (Å²) in [5.74, 6) is 0.337. The van der Waals surface area contributed by atoms with Crippen molar-refractivity contribution in [3.8, 4) is 0 Å². The van der Waals surface area contributed by atoms with E-state index in [0.717, 1.165) is 10.4 Å². The van der Waals surface area contributed by atoms with Gasteiger partial charge in [-0.1, -0.05) is 60.3 Å². The molecule has 8 heteroatoms. The molecular weight excluding hydrogens is 440 g/mol. The van der Waals surface area contributed by atoms with E-state index in [-0.39, 0.29) is 11.7 Å². The van der Waals surface area contributed by atoms with E-state index in [9.17, 15) is 9.59 Å². The molecule has 2 aromatic heterocycles. The van der Waals surface area contributed by atoms with Crippen LogP contribution in [0.1, 0.15) is 38.8 Å². The molecule has 1 amide bonds. The number of nitrogens with zero attached hydrogens (tertiary/aromatic N) is 2. The highest BCUT2D eigenvalue weighted by molar-refractivity contribution is 8.00. The zero-order valence-electron chi connectivity index (χ0n) is 17.2. The van der Waals surface area contributed by atoms with Gasteiger partial charge in [-0.25, -0.2) is 4.98 Å². The number of nitrogens with one attached hydrogen (secondary N) is 2. The highest BCUT2D eigenvalue weighted by Gasteiger charge is 2.24. The SMILES string of the molecule is CC(=O)c1cccc(NC(=O)C(Sc2n[nH]c(/C=C/c3cccs3)n2)c2ccccc2)c1. The Balaban J connectivity index is 1.53. The summed E-state index contributed by atoms with van der Waals surface area (Å²) in [5.41, 5.74) is 1.94. The van der Waals surface area contributed by atoms with Crippen molar-refractivity contribution in [3.05, 3.63) is 93.9 Å². The second-order valence-electron chi connectivity index (χ2n) is 6.89.